The lowest BCUT2D eigenvalue weighted by atomic mass is 9.79. The fourth-order valence-electron chi connectivity index (χ4n) is 1.66. The Morgan fingerprint density at radius 3 is 1.93 bits per heavy atom. The minimum atomic E-state index is 0.0874. The van der Waals surface area contributed by atoms with Crippen LogP contribution in [-0.4, -0.2) is 13.2 Å². The molecule has 0 unspecified atom stereocenters. The van der Waals surface area contributed by atoms with E-state index in [0.29, 0.717) is 19.1 Å². The maximum Gasteiger partial charge on any atom is 0.161 e. The molecule has 1 aliphatic heterocycles. The highest BCUT2D eigenvalue weighted by Crippen LogP contribution is 2.34. The Balaban J connectivity index is 2.30. The average molecular weight is 206 g/mol. The largest absolute Gasteiger partial charge is 0.486 e. The Labute approximate surface area is 91.3 Å². The number of allylic oxidation sites excluding steroid dienone is 4. The molecule has 0 aromatic carbocycles. The van der Waals surface area contributed by atoms with Gasteiger partial charge >= 0.3 is 0 Å². The van der Waals surface area contributed by atoms with Crippen molar-refractivity contribution in [2.45, 2.75) is 20.8 Å². The summed E-state index contributed by atoms with van der Waals surface area (Å²) < 4.78 is 11.1. The summed E-state index contributed by atoms with van der Waals surface area (Å²) in [4.78, 5) is 0. The molecule has 2 heteroatoms. The zero-order valence-corrected chi connectivity index (χ0v) is 9.62. The Morgan fingerprint density at radius 2 is 1.53 bits per heavy atom. The molecule has 0 bridgehead atoms. The second kappa shape index (κ2) is 3.76. The molecular weight excluding hydrogens is 188 g/mol. The first-order valence-electron chi connectivity index (χ1n) is 5.50. The lowest BCUT2D eigenvalue weighted by molar-refractivity contribution is 0.0771. The molecule has 0 amide bonds. The number of ether oxygens (including phenoxy) is 2. The summed E-state index contributed by atoms with van der Waals surface area (Å²) in [6.07, 6.45) is 8.47. The van der Waals surface area contributed by atoms with Crippen molar-refractivity contribution in [1.29, 1.82) is 0 Å². The fraction of sp³-hybridized carbons (Fsp3) is 0.538. The van der Waals surface area contributed by atoms with Crippen molar-refractivity contribution in [3.63, 3.8) is 0 Å². The maximum atomic E-state index is 5.55. The number of hydrogen-bond donors (Lipinski definition) is 0. The van der Waals surface area contributed by atoms with Crippen molar-refractivity contribution in [2.75, 3.05) is 13.2 Å². The van der Waals surface area contributed by atoms with Crippen molar-refractivity contribution in [3.8, 4) is 0 Å². The van der Waals surface area contributed by atoms with Gasteiger partial charge in [-0.2, -0.15) is 0 Å². The van der Waals surface area contributed by atoms with Gasteiger partial charge in [-0.15, -0.1) is 0 Å². The van der Waals surface area contributed by atoms with E-state index in [4.69, 9.17) is 9.47 Å². The Kier molecular flexibility index (Phi) is 2.59. The van der Waals surface area contributed by atoms with Crippen molar-refractivity contribution < 1.29 is 9.47 Å². The van der Waals surface area contributed by atoms with E-state index < -0.39 is 0 Å². The van der Waals surface area contributed by atoms with Gasteiger partial charge in [0.15, 0.2) is 11.5 Å². The summed E-state index contributed by atoms with van der Waals surface area (Å²) in [5.74, 6) is 2.29. The monoisotopic (exact) mass is 206 g/mol. The van der Waals surface area contributed by atoms with Crippen molar-refractivity contribution in [2.24, 2.45) is 11.3 Å². The molecule has 82 valence electrons. The Morgan fingerprint density at radius 1 is 1.07 bits per heavy atom. The molecule has 0 fully saturated rings. The standard InChI is InChI=1S/C13H18O2/c1-10(2)13(3)6-4-11-12(5-7-13)15-9-8-14-11/h4-7,10H,8-9H2,1-3H3. The average Bonchev–Trinajstić information content (AvgIpc) is 2.40. The second-order valence-electron chi connectivity index (χ2n) is 4.61. The van der Waals surface area contributed by atoms with Gasteiger partial charge in [-0.05, 0) is 18.1 Å². The van der Waals surface area contributed by atoms with Gasteiger partial charge in [0.05, 0.1) is 0 Å². The quantitative estimate of drug-likeness (QED) is 0.656. The second-order valence-corrected chi connectivity index (χ2v) is 4.61. The maximum absolute atomic E-state index is 5.55. The van der Waals surface area contributed by atoms with Crippen molar-refractivity contribution in [3.05, 3.63) is 35.8 Å². The van der Waals surface area contributed by atoms with Crippen LogP contribution in [0.1, 0.15) is 20.8 Å². The van der Waals surface area contributed by atoms with E-state index in [1.54, 1.807) is 0 Å². The normalized spacial score (nSPS) is 23.2. The topological polar surface area (TPSA) is 18.5 Å². The van der Waals surface area contributed by atoms with Gasteiger partial charge in [-0.1, -0.05) is 32.9 Å². The van der Waals surface area contributed by atoms with Crippen LogP contribution < -0.4 is 0 Å². The van der Waals surface area contributed by atoms with Crippen molar-refractivity contribution >= 4 is 0 Å². The molecule has 1 aliphatic carbocycles. The zero-order chi connectivity index (χ0) is 10.9. The molecule has 2 aliphatic rings. The molecular formula is C13H18O2. The Bertz CT molecular complexity index is 308. The number of hydrogen-bond acceptors (Lipinski definition) is 2. The van der Waals surface area contributed by atoms with Crippen LogP contribution in [0.15, 0.2) is 35.8 Å². The molecule has 15 heavy (non-hydrogen) atoms. The summed E-state index contributed by atoms with van der Waals surface area (Å²) in [5, 5.41) is 0. The summed E-state index contributed by atoms with van der Waals surface area (Å²) in [7, 11) is 0. The van der Waals surface area contributed by atoms with Crippen LogP contribution in [-0.2, 0) is 9.47 Å². The van der Waals surface area contributed by atoms with Gasteiger partial charge in [0.1, 0.15) is 13.2 Å². The molecule has 0 radical (unpaired) electrons. The fourth-order valence-corrected chi connectivity index (χ4v) is 1.66. The first-order chi connectivity index (χ1) is 7.12. The summed E-state index contributed by atoms with van der Waals surface area (Å²) >= 11 is 0. The predicted molar refractivity (Wildman–Crippen MR) is 60.2 cm³/mol. The van der Waals surface area contributed by atoms with Crippen LogP contribution in [0.4, 0.5) is 0 Å². The summed E-state index contributed by atoms with van der Waals surface area (Å²) in [5.41, 5.74) is 0.0874. The van der Waals surface area contributed by atoms with Gasteiger partial charge in [0, 0.05) is 5.41 Å². The van der Waals surface area contributed by atoms with Crippen molar-refractivity contribution in [1.82, 2.24) is 0 Å². The third kappa shape index (κ3) is 1.94. The van der Waals surface area contributed by atoms with Gasteiger partial charge in [0.25, 0.3) is 0 Å². The van der Waals surface area contributed by atoms with Gasteiger partial charge in [0.2, 0.25) is 0 Å². The van der Waals surface area contributed by atoms with E-state index in [-0.39, 0.29) is 5.41 Å². The van der Waals surface area contributed by atoms with Crippen LogP contribution in [0.3, 0.4) is 0 Å². The highest BCUT2D eigenvalue weighted by molar-refractivity contribution is 5.33. The molecule has 2 rings (SSSR count). The predicted octanol–water partition coefficient (Wildman–Crippen LogP) is 3.03. The van der Waals surface area contributed by atoms with E-state index in [1.807, 2.05) is 12.2 Å². The van der Waals surface area contributed by atoms with Crippen LogP contribution >= 0.6 is 0 Å². The molecule has 0 atom stereocenters. The molecule has 0 spiro atoms. The van der Waals surface area contributed by atoms with E-state index in [0.717, 1.165) is 11.5 Å². The highest BCUT2D eigenvalue weighted by Gasteiger charge is 2.25. The number of rotatable bonds is 1. The first kappa shape index (κ1) is 10.3. The third-order valence-corrected chi connectivity index (χ3v) is 3.27. The van der Waals surface area contributed by atoms with E-state index >= 15 is 0 Å². The molecule has 0 aromatic rings. The molecule has 0 saturated carbocycles. The lowest BCUT2D eigenvalue weighted by Crippen LogP contribution is -2.17. The van der Waals surface area contributed by atoms with Crippen LogP contribution in [0, 0.1) is 11.3 Å². The molecule has 0 aromatic heterocycles. The van der Waals surface area contributed by atoms with Crippen LogP contribution in [0.5, 0.6) is 0 Å². The first-order valence-corrected chi connectivity index (χ1v) is 5.50. The smallest absolute Gasteiger partial charge is 0.161 e. The van der Waals surface area contributed by atoms with Crippen LogP contribution in [0.25, 0.3) is 0 Å². The van der Waals surface area contributed by atoms with E-state index in [2.05, 4.69) is 32.9 Å². The third-order valence-electron chi connectivity index (χ3n) is 3.27. The van der Waals surface area contributed by atoms with Gasteiger partial charge in [-0.3, -0.25) is 0 Å². The highest BCUT2D eigenvalue weighted by atomic mass is 16.6. The Hall–Kier alpha value is -1.18. The molecule has 0 saturated heterocycles. The minimum absolute atomic E-state index is 0.0874. The van der Waals surface area contributed by atoms with Gasteiger partial charge < -0.3 is 9.47 Å². The van der Waals surface area contributed by atoms with E-state index in [1.165, 1.54) is 0 Å². The lowest BCUT2D eigenvalue weighted by Gasteiger charge is -2.26. The minimum Gasteiger partial charge on any atom is -0.486 e. The summed E-state index contributed by atoms with van der Waals surface area (Å²) in [6, 6.07) is 0. The molecule has 0 N–H and O–H groups in total. The van der Waals surface area contributed by atoms with E-state index in [9.17, 15) is 0 Å². The SMILES string of the molecule is CC(C)C1(C)C=CC2=C(C=C1)OCCO2. The van der Waals surface area contributed by atoms with Gasteiger partial charge in [-0.25, -0.2) is 0 Å². The zero-order valence-electron chi connectivity index (χ0n) is 9.62. The molecule has 1 heterocycles. The van der Waals surface area contributed by atoms with Crippen LogP contribution in [0.2, 0.25) is 0 Å². The summed E-state index contributed by atoms with van der Waals surface area (Å²) in [6.45, 7) is 7.97. The molecule has 2 nitrogen and oxygen atoms in total.